The van der Waals surface area contributed by atoms with E-state index < -0.39 is 6.03 Å². The molecule has 3 N–H and O–H groups in total. The molecule has 2 aromatic heterocycles. The maximum Gasteiger partial charge on any atom is 0.312 e. The molecule has 31 heavy (non-hydrogen) atoms. The molecule has 1 fully saturated rings. The highest BCUT2D eigenvalue weighted by atomic mass is 16.6. The number of hydrogen-bond acceptors (Lipinski definition) is 7. The summed E-state index contributed by atoms with van der Waals surface area (Å²) in [5, 5.41) is 2.52. The highest BCUT2D eigenvalue weighted by molar-refractivity contribution is 5.71. The van der Waals surface area contributed by atoms with Crippen LogP contribution in [0.15, 0.2) is 53.2 Å². The van der Waals surface area contributed by atoms with E-state index in [1.54, 1.807) is 25.3 Å². The number of aromatic nitrogens is 2. The van der Waals surface area contributed by atoms with E-state index in [0.717, 1.165) is 12.4 Å². The monoisotopic (exact) mass is 424 g/mol. The Bertz CT molecular complexity index is 1020. The summed E-state index contributed by atoms with van der Waals surface area (Å²) in [6, 6.07) is 10.2. The molecule has 0 bridgehead atoms. The standard InChI is InChI=1S/C22H24N4O5/c1-14(26-22(23)27)12-29-20-11-25-21(31-20)16-7-8-19(24-10-16)30-18-4-2-3-17(9-18)28-13-15-5-6-15/h2-4,7-11,14-15H,5-6,12-13H2,1H3,(H3,23,26,27)/t14-/m0/s1. The number of rotatable bonds is 10. The van der Waals surface area contributed by atoms with Gasteiger partial charge in [0.2, 0.25) is 11.8 Å². The van der Waals surface area contributed by atoms with Gasteiger partial charge in [-0.15, -0.1) is 0 Å². The molecule has 0 unspecified atom stereocenters. The van der Waals surface area contributed by atoms with E-state index >= 15 is 0 Å². The van der Waals surface area contributed by atoms with Gasteiger partial charge >= 0.3 is 12.0 Å². The molecule has 0 aliphatic heterocycles. The van der Waals surface area contributed by atoms with Crippen LogP contribution in [0.25, 0.3) is 11.5 Å². The highest BCUT2D eigenvalue weighted by Gasteiger charge is 2.22. The summed E-state index contributed by atoms with van der Waals surface area (Å²) in [7, 11) is 0. The lowest BCUT2D eigenvalue weighted by Crippen LogP contribution is -2.40. The molecule has 2 heterocycles. The number of nitrogens with one attached hydrogen (secondary N) is 1. The summed E-state index contributed by atoms with van der Waals surface area (Å²) in [6.45, 7) is 2.71. The summed E-state index contributed by atoms with van der Waals surface area (Å²) < 4.78 is 22.6. The minimum Gasteiger partial charge on any atom is -0.493 e. The van der Waals surface area contributed by atoms with Gasteiger partial charge in [0, 0.05) is 18.3 Å². The molecule has 3 aromatic rings. The zero-order valence-corrected chi connectivity index (χ0v) is 17.1. The van der Waals surface area contributed by atoms with E-state index in [9.17, 15) is 4.79 Å². The first-order chi connectivity index (χ1) is 15.0. The first kappa shape index (κ1) is 20.5. The predicted octanol–water partition coefficient (Wildman–Crippen LogP) is 3.75. The third kappa shape index (κ3) is 6.11. The number of primary amides is 1. The number of carbonyl (C=O) groups excluding carboxylic acids is 1. The number of nitrogens with two attached hydrogens (primary N) is 1. The van der Waals surface area contributed by atoms with Crippen LogP contribution in [-0.2, 0) is 0 Å². The summed E-state index contributed by atoms with van der Waals surface area (Å²) in [5.74, 6) is 3.16. The van der Waals surface area contributed by atoms with E-state index in [1.165, 1.54) is 19.0 Å². The number of oxazole rings is 1. The first-order valence-electron chi connectivity index (χ1n) is 10.1. The number of urea groups is 1. The third-order valence-electron chi connectivity index (χ3n) is 4.54. The Balaban J connectivity index is 1.32. The fourth-order valence-electron chi connectivity index (χ4n) is 2.77. The van der Waals surface area contributed by atoms with Crippen molar-refractivity contribution in [1.82, 2.24) is 15.3 Å². The van der Waals surface area contributed by atoms with Crippen LogP contribution in [0.3, 0.4) is 0 Å². The second-order valence-corrected chi connectivity index (χ2v) is 7.42. The van der Waals surface area contributed by atoms with Gasteiger partial charge in [0.25, 0.3) is 0 Å². The van der Waals surface area contributed by atoms with Gasteiger partial charge in [0.15, 0.2) is 0 Å². The van der Waals surface area contributed by atoms with Gasteiger partial charge in [-0.2, -0.15) is 0 Å². The van der Waals surface area contributed by atoms with Gasteiger partial charge in [-0.05, 0) is 43.9 Å². The van der Waals surface area contributed by atoms with Crippen LogP contribution in [0.1, 0.15) is 19.8 Å². The van der Waals surface area contributed by atoms with Gasteiger partial charge in [-0.3, -0.25) is 0 Å². The topological polar surface area (TPSA) is 122 Å². The van der Waals surface area contributed by atoms with E-state index in [4.69, 9.17) is 24.4 Å². The summed E-state index contributed by atoms with van der Waals surface area (Å²) in [5.41, 5.74) is 5.75. The van der Waals surface area contributed by atoms with Crippen LogP contribution in [-0.4, -0.2) is 35.3 Å². The zero-order chi connectivity index (χ0) is 21.6. The molecule has 9 nitrogen and oxygen atoms in total. The molecule has 1 aliphatic rings. The minimum atomic E-state index is -0.611. The molecule has 0 radical (unpaired) electrons. The molecule has 0 spiro atoms. The molecule has 0 saturated heterocycles. The second-order valence-electron chi connectivity index (χ2n) is 7.42. The van der Waals surface area contributed by atoms with Crippen molar-refractivity contribution in [2.24, 2.45) is 11.7 Å². The van der Waals surface area contributed by atoms with E-state index in [1.807, 2.05) is 24.3 Å². The number of amides is 2. The van der Waals surface area contributed by atoms with Crippen LogP contribution in [0.5, 0.6) is 23.3 Å². The lowest BCUT2D eigenvalue weighted by Gasteiger charge is -2.11. The molecule has 9 heteroatoms. The molecular weight excluding hydrogens is 400 g/mol. The van der Waals surface area contributed by atoms with Crippen molar-refractivity contribution in [2.75, 3.05) is 13.2 Å². The Kier molecular flexibility index (Phi) is 6.21. The lowest BCUT2D eigenvalue weighted by atomic mass is 10.3. The maximum absolute atomic E-state index is 10.8. The van der Waals surface area contributed by atoms with Crippen molar-refractivity contribution >= 4 is 6.03 Å². The van der Waals surface area contributed by atoms with Gasteiger partial charge in [0.05, 0.1) is 18.2 Å². The van der Waals surface area contributed by atoms with E-state index in [0.29, 0.717) is 29.0 Å². The quantitative estimate of drug-likeness (QED) is 0.508. The number of ether oxygens (including phenoxy) is 3. The fourth-order valence-corrected chi connectivity index (χ4v) is 2.77. The Morgan fingerprint density at radius 3 is 2.77 bits per heavy atom. The van der Waals surface area contributed by atoms with Crippen molar-refractivity contribution in [2.45, 2.75) is 25.8 Å². The molecule has 1 saturated carbocycles. The van der Waals surface area contributed by atoms with Crippen LogP contribution in [0.2, 0.25) is 0 Å². The van der Waals surface area contributed by atoms with Crippen molar-refractivity contribution < 1.29 is 23.4 Å². The summed E-state index contributed by atoms with van der Waals surface area (Å²) in [6.07, 6.45) is 5.56. The maximum atomic E-state index is 10.8. The van der Waals surface area contributed by atoms with Crippen LogP contribution in [0, 0.1) is 5.92 Å². The van der Waals surface area contributed by atoms with Gasteiger partial charge in [-0.1, -0.05) is 6.07 Å². The number of pyridine rings is 1. The number of nitrogens with zero attached hydrogens (tertiary/aromatic N) is 2. The van der Waals surface area contributed by atoms with Gasteiger partial charge < -0.3 is 29.7 Å². The number of carbonyl (C=O) groups is 1. The Morgan fingerprint density at radius 1 is 1.19 bits per heavy atom. The second kappa shape index (κ2) is 9.38. The van der Waals surface area contributed by atoms with Crippen LogP contribution >= 0.6 is 0 Å². The molecule has 1 atom stereocenters. The SMILES string of the molecule is C[C@@H](COc1cnc(-c2ccc(Oc3cccc(OCC4CC4)c3)nc2)o1)NC(N)=O. The molecule has 4 rings (SSSR count). The smallest absolute Gasteiger partial charge is 0.312 e. The highest BCUT2D eigenvalue weighted by Crippen LogP contribution is 2.31. The summed E-state index contributed by atoms with van der Waals surface area (Å²) >= 11 is 0. The van der Waals surface area contributed by atoms with Crippen molar-refractivity contribution in [3.05, 3.63) is 48.8 Å². The lowest BCUT2D eigenvalue weighted by molar-refractivity contribution is 0.211. The Labute approximate surface area is 179 Å². The predicted molar refractivity (Wildman–Crippen MR) is 112 cm³/mol. The molecule has 1 aliphatic carbocycles. The third-order valence-corrected chi connectivity index (χ3v) is 4.54. The van der Waals surface area contributed by atoms with Gasteiger partial charge in [0.1, 0.15) is 24.3 Å². The Hall–Kier alpha value is -3.75. The van der Waals surface area contributed by atoms with Gasteiger partial charge in [-0.25, -0.2) is 14.8 Å². The molecular formula is C22H24N4O5. The van der Waals surface area contributed by atoms with E-state index in [2.05, 4.69) is 15.3 Å². The molecule has 1 aromatic carbocycles. The molecule has 2 amide bonds. The fraction of sp³-hybridized carbons (Fsp3) is 0.318. The number of benzene rings is 1. The normalized spacial score (nSPS) is 14.0. The Morgan fingerprint density at radius 2 is 2.03 bits per heavy atom. The van der Waals surface area contributed by atoms with Crippen LogP contribution < -0.4 is 25.3 Å². The summed E-state index contributed by atoms with van der Waals surface area (Å²) in [4.78, 5) is 19.3. The van der Waals surface area contributed by atoms with Crippen molar-refractivity contribution in [1.29, 1.82) is 0 Å². The van der Waals surface area contributed by atoms with Crippen LogP contribution in [0.4, 0.5) is 4.79 Å². The average molecular weight is 424 g/mol. The van der Waals surface area contributed by atoms with E-state index in [-0.39, 0.29) is 18.6 Å². The first-order valence-corrected chi connectivity index (χ1v) is 10.1. The minimum absolute atomic E-state index is 0.200. The number of hydrogen-bond donors (Lipinski definition) is 2. The largest absolute Gasteiger partial charge is 0.493 e. The molecule has 162 valence electrons. The zero-order valence-electron chi connectivity index (χ0n) is 17.1. The average Bonchev–Trinajstić information content (AvgIpc) is 3.47. The van der Waals surface area contributed by atoms with Crippen molar-refractivity contribution in [3.8, 4) is 34.8 Å². The van der Waals surface area contributed by atoms with Crippen molar-refractivity contribution in [3.63, 3.8) is 0 Å².